The molecular formula is C16H26N6O. The summed E-state index contributed by atoms with van der Waals surface area (Å²) >= 11 is 0. The Morgan fingerprint density at radius 2 is 2.17 bits per heavy atom. The van der Waals surface area contributed by atoms with E-state index in [0.717, 1.165) is 19.0 Å². The van der Waals surface area contributed by atoms with E-state index >= 15 is 0 Å². The maximum absolute atomic E-state index is 12.3. The zero-order valence-electron chi connectivity index (χ0n) is 13.7. The Morgan fingerprint density at radius 1 is 1.30 bits per heavy atom. The third-order valence-corrected chi connectivity index (χ3v) is 5.93. The largest absolute Gasteiger partial charge is 0.349 e. The second kappa shape index (κ2) is 6.20. The molecule has 3 aliphatic heterocycles. The van der Waals surface area contributed by atoms with E-state index in [4.69, 9.17) is 0 Å². The highest BCUT2D eigenvalue weighted by Crippen LogP contribution is 2.38. The number of fused-ring (bicyclic) bond motifs is 4. The zero-order valence-corrected chi connectivity index (χ0v) is 13.7. The van der Waals surface area contributed by atoms with E-state index < -0.39 is 0 Å². The van der Waals surface area contributed by atoms with Gasteiger partial charge in [-0.05, 0) is 57.7 Å². The number of aromatic amines is 1. The molecule has 4 rings (SSSR count). The Bertz CT molecular complexity index is 573. The maximum Gasteiger partial charge on any atom is 0.273 e. The van der Waals surface area contributed by atoms with Crippen molar-refractivity contribution in [2.24, 2.45) is 11.8 Å². The first-order valence-electron chi connectivity index (χ1n) is 8.86. The Morgan fingerprint density at radius 3 is 3.00 bits per heavy atom. The van der Waals surface area contributed by atoms with Crippen LogP contribution in [0.15, 0.2) is 0 Å². The van der Waals surface area contributed by atoms with Gasteiger partial charge in [-0.15, -0.1) is 0 Å². The topological polar surface area (TPSA) is 85.9 Å². The van der Waals surface area contributed by atoms with E-state index in [1.54, 1.807) is 6.92 Å². The lowest BCUT2D eigenvalue weighted by Gasteiger charge is -2.55. The number of amides is 1. The van der Waals surface area contributed by atoms with E-state index in [9.17, 15) is 4.79 Å². The molecular weight excluding hydrogens is 292 g/mol. The molecule has 3 saturated heterocycles. The molecule has 0 aliphatic carbocycles. The van der Waals surface area contributed by atoms with Crippen LogP contribution in [0.2, 0.25) is 0 Å². The summed E-state index contributed by atoms with van der Waals surface area (Å²) in [6.07, 6.45) is 5.25. The number of carbonyl (C=O) groups is 1. The van der Waals surface area contributed by atoms with Crippen LogP contribution in [0.1, 0.15) is 41.9 Å². The molecule has 3 fully saturated rings. The van der Waals surface area contributed by atoms with Crippen molar-refractivity contribution in [3.05, 3.63) is 11.4 Å². The van der Waals surface area contributed by atoms with Gasteiger partial charge >= 0.3 is 0 Å². The predicted molar refractivity (Wildman–Crippen MR) is 86.1 cm³/mol. The van der Waals surface area contributed by atoms with Gasteiger partial charge in [-0.1, -0.05) is 6.42 Å². The zero-order chi connectivity index (χ0) is 15.8. The van der Waals surface area contributed by atoms with Crippen LogP contribution >= 0.6 is 0 Å². The Hall–Kier alpha value is -1.47. The van der Waals surface area contributed by atoms with E-state index in [-0.39, 0.29) is 5.91 Å². The molecule has 0 saturated carbocycles. The summed E-state index contributed by atoms with van der Waals surface area (Å²) in [4.78, 5) is 15.0. The molecule has 4 atom stereocenters. The standard InChI is InChI=1S/C16H26N6O/c1-10-15(20-21-19-10)16(23)18-9-14-12-6-11(7-17-8-12)13-4-2-3-5-22(13)14/h11-14,17H,2-9H2,1H3,(H,18,23)(H,19,20,21)/t11-,12+,13+,14+/m1/s1. The first-order valence-corrected chi connectivity index (χ1v) is 8.86. The smallest absolute Gasteiger partial charge is 0.273 e. The lowest BCUT2D eigenvalue weighted by molar-refractivity contribution is -0.0371. The summed E-state index contributed by atoms with van der Waals surface area (Å²) in [5, 5.41) is 17.1. The summed E-state index contributed by atoms with van der Waals surface area (Å²) in [6, 6.07) is 1.14. The van der Waals surface area contributed by atoms with Crippen molar-refractivity contribution in [3.8, 4) is 0 Å². The molecule has 126 valence electrons. The minimum atomic E-state index is -0.115. The minimum absolute atomic E-state index is 0.115. The SMILES string of the molecule is Cc1n[nH]nc1C(=O)NC[C@H]1[C@@H]2CNC[C@@H](C2)[C@@H]2CCCCN21. The molecule has 1 amide bonds. The van der Waals surface area contributed by atoms with Crippen molar-refractivity contribution < 1.29 is 4.79 Å². The average molecular weight is 318 g/mol. The molecule has 3 N–H and O–H groups in total. The van der Waals surface area contributed by atoms with Crippen molar-refractivity contribution >= 4 is 5.91 Å². The molecule has 0 radical (unpaired) electrons. The first-order chi connectivity index (χ1) is 11.2. The van der Waals surface area contributed by atoms with Gasteiger partial charge in [0.05, 0.1) is 5.69 Å². The maximum atomic E-state index is 12.3. The molecule has 2 bridgehead atoms. The number of carbonyl (C=O) groups excluding carboxylic acids is 1. The van der Waals surface area contributed by atoms with Crippen molar-refractivity contribution in [3.63, 3.8) is 0 Å². The third-order valence-electron chi connectivity index (χ3n) is 5.93. The highest BCUT2D eigenvalue weighted by Gasteiger charge is 2.45. The number of H-pyrrole nitrogens is 1. The molecule has 23 heavy (non-hydrogen) atoms. The number of rotatable bonds is 3. The third kappa shape index (κ3) is 2.76. The van der Waals surface area contributed by atoms with Crippen LogP contribution in [0, 0.1) is 18.8 Å². The summed E-state index contributed by atoms with van der Waals surface area (Å²) in [6.45, 7) is 5.93. The quantitative estimate of drug-likeness (QED) is 0.746. The fraction of sp³-hybridized carbons (Fsp3) is 0.812. The van der Waals surface area contributed by atoms with Gasteiger partial charge in [-0.2, -0.15) is 15.4 Å². The summed E-state index contributed by atoms with van der Waals surface area (Å²) < 4.78 is 0. The van der Waals surface area contributed by atoms with Gasteiger partial charge in [-0.3, -0.25) is 9.69 Å². The second-order valence-electron chi connectivity index (χ2n) is 7.25. The van der Waals surface area contributed by atoms with Crippen molar-refractivity contribution in [1.29, 1.82) is 0 Å². The second-order valence-corrected chi connectivity index (χ2v) is 7.25. The van der Waals surface area contributed by atoms with Gasteiger partial charge in [0.1, 0.15) is 0 Å². The number of aromatic nitrogens is 3. The highest BCUT2D eigenvalue weighted by atomic mass is 16.2. The monoisotopic (exact) mass is 318 g/mol. The summed E-state index contributed by atoms with van der Waals surface area (Å²) in [5.74, 6) is 1.32. The predicted octanol–water partition coefficient (Wildman–Crippen LogP) is 0.305. The van der Waals surface area contributed by atoms with Crippen LogP contribution in [-0.2, 0) is 0 Å². The summed E-state index contributed by atoms with van der Waals surface area (Å²) in [5.41, 5.74) is 1.07. The lowest BCUT2D eigenvalue weighted by Crippen LogP contribution is -2.65. The number of hydrogen-bond donors (Lipinski definition) is 3. The lowest BCUT2D eigenvalue weighted by atomic mass is 9.73. The molecule has 0 spiro atoms. The van der Waals surface area contributed by atoms with Crippen molar-refractivity contribution in [2.75, 3.05) is 26.2 Å². The van der Waals surface area contributed by atoms with Crippen molar-refractivity contribution in [1.82, 2.24) is 30.9 Å². The van der Waals surface area contributed by atoms with Crippen LogP contribution in [-0.4, -0.2) is 64.5 Å². The van der Waals surface area contributed by atoms with Crippen LogP contribution in [0.25, 0.3) is 0 Å². The number of nitrogens with one attached hydrogen (secondary N) is 3. The first kappa shape index (κ1) is 15.1. The van der Waals surface area contributed by atoms with Crippen LogP contribution in [0.3, 0.4) is 0 Å². The van der Waals surface area contributed by atoms with E-state index in [1.807, 2.05) is 0 Å². The molecule has 3 aliphatic rings. The van der Waals surface area contributed by atoms with Gasteiger partial charge in [0, 0.05) is 18.6 Å². The fourth-order valence-electron chi connectivity index (χ4n) is 4.83. The van der Waals surface area contributed by atoms with E-state index in [2.05, 4.69) is 30.9 Å². The van der Waals surface area contributed by atoms with Crippen LogP contribution in [0.4, 0.5) is 0 Å². The number of aryl methyl sites for hydroxylation is 1. The fourth-order valence-corrected chi connectivity index (χ4v) is 4.83. The van der Waals surface area contributed by atoms with Crippen molar-refractivity contribution in [2.45, 2.75) is 44.7 Å². The molecule has 1 aromatic rings. The van der Waals surface area contributed by atoms with Gasteiger partial charge in [-0.25, -0.2) is 0 Å². The molecule has 0 aromatic carbocycles. The Balaban J connectivity index is 1.46. The number of hydrogen-bond acceptors (Lipinski definition) is 5. The number of nitrogens with zero attached hydrogens (tertiary/aromatic N) is 3. The Labute approximate surface area is 136 Å². The molecule has 1 aromatic heterocycles. The molecule has 7 nitrogen and oxygen atoms in total. The van der Waals surface area contributed by atoms with E-state index in [1.165, 1.54) is 32.2 Å². The minimum Gasteiger partial charge on any atom is -0.349 e. The molecule has 7 heteroatoms. The molecule has 4 heterocycles. The Kier molecular flexibility index (Phi) is 4.07. The van der Waals surface area contributed by atoms with E-state index in [0.29, 0.717) is 35.9 Å². The highest BCUT2D eigenvalue weighted by molar-refractivity contribution is 5.93. The van der Waals surface area contributed by atoms with Crippen LogP contribution in [0.5, 0.6) is 0 Å². The van der Waals surface area contributed by atoms with Gasteiger partial charge < -0.3 is 10.6 Å². The normalized spacial score (nSPS) is 34.0. The van der Waals surface area contributed by atoms with Gasteiger partial charge in [0.25, 0.3) is 5.91 Å². The van der Waals surface area contributed by atoms with Gasteiger partial charge in [0.2, 0.25) is 0 Å². The molecule has 0 unspecified atom stereocenters. The van der Waals surface area contributed by atoms with Gasteiger partial charge in [0.15, 0.2) is 5.69 Å². The number of piperidine rings is 3. The van der Waals surface area contributed by atoms with Crippen LogP contribution < -0.4 is 10.6 Å². The average Bonchev–Trinajstić information content (AvgIpc) is 3.01. The summed E-state index contributed by atoms with van der Waals surface area (Å²) in [7, 11) is 0.